The molecule has 3 nitrogen and oxygen atoms in total. The molecule has 1 aliphatic heterocycles. The molecule has 1 aliphatic rings. The Balaban J connectivity index is 2.30. The van der Waals surface area contributed by atoms with Gasteiger partial charge >= 0.3 is 0 Å². The number of rotatable bonds is 2. The Kier molecular flexibility index (Phi) is 2.10. The Morgan fingerprint density at radius 2 is 2.15 bits per heavy atom. The summed E-state index contributed by atoms with van der Waals surface area (Å²) in [5.74, 6) is 1.76. The molecular formula is C10H13NO2. The smallest absolute Gasteiger partial charge is 0.231 e. The lowest BCUT2D eigenvalue weighted by atomic mass is 10.2. The fourth-order valence-electron chi connectivity index (χ4n) is 1.46. The molecule has 13 heavy (non-hydrogen) atoms. The van der Waals surface area contributed by atoms with Crippen LogP contribution in [0.1, 0.15) is 5.56 Å². The highest BCUT2D eigenvalue weighted by molar-refractivity contribution is 5.47. The Bertz CT molecular complexity index is 310. The van der Waals surface area contributed by atoms with Crippen LogP contribution in [0.25, 0.3) is 0 Å². The molecule has 0 spiro atoms. The molecule has 0 N–H and O–H groups in total. The van der Waals surface area contributed by atoms with Crippen LogP contribution in [0.3, 0.4) is 0 Å². The third-order valence-corrected chi connectivity index (χ3v) is 1.96. The largest absolute Gasteiger partial charge is 0.454 e. The summed E-state index contributed by atoms with van der Waals surface area (Å²) in [7, 11) is 4.07. The number of hydrogen-bond acceptors (Lipinski definition) is 3. The summed E-state index contributed by atoms with van der Waals surface area (Å²) in [5, 5.41) is 0. The Hall–Kier alpha value is -1.22. The lowest BCUT2D eigenvalue weighted by molar-refractivity contribution is 0.172. The first kappa shape index (κ1) is 8.38. The molecular weight excluding hydrogens is 166 g/mol. The highest BCUT2D eigenvalue weighted by Gasteiger charge is 2.16. The van der Waals surface area contributed by atoms with Gasteiger partial charge in [0.1, 0.15) is 0 Å². The lowest BCUT2D eigenvalue weighted by Gasteiger charge is -2.11. The van der Waals surface area contributed by atoms with Crippen LogP contribution in [0.15, 0.2) is 18.2 Å². The van der Waals surface area contributed by atoms with Gasteiger partial charge in [-0.15, -0.1) is 0 Å². The Morgan fingerprint density at radius 1 is 1.31 bits per heavy atom. The average Bonchev–Trinajstić information content (AvgIpc) is 2.51. The first-order chi connectivity index (χ1) is 6.27. The molecule has 3 heteroatoms. The predicted octanol–water partition coefficient (Wildman–Crippen LogP) is 1.48. The SMILES string of the molecule is CN(C)Cc1cccc2c1OCO2. The Morgan fingerprint density at radius 3 is 2.92 bits per heavy atom. The first-order valence-electron chi connectivity index (χ1n) is 4.29. The zero-order valence-electron chi connectivity index (χ0n) is 7.91. The van der Waals surface area contributed by atoms with E-state index in [9.17, 15) is 0 Å². The second-order valence-electron chi connectivity index (χ2n) is 3.39. The topological polar surface area (TPSA) is 21.7 Å². The van der Waals surface area contributed by atoms with E-state index in [1.54, 1.807) is 0 Å². The van der Waals surface area contributed by atoms with Gasteiger partial charge in [-0.05, 0) is 20.2 Å². The normalized spacial score (nSPS) is 13.8. The molecule has 70 valence electrons. The van der Waals surface area contributed by atoms with Crippen LogP contribution in [0.2, 0.25) is 0 Å². The first-order valence-corrected chi connectivity index (χ1v) is 4.29. The summed E-state index contributed by atoms with van der Waals surface area (Å²) in [6.07, 6.45) is 0. The summed E-state index contributed by atoms with van der Waals surface area (Å²) in [4.78, 5) is 2.11. The maximum absolute atomic E-state index is 5.38. The second-order valence-corrected chi connectivity index (χ2v) is 3.39. The monoisotopic (exact) mass is 179 g/mol. The van der Waals surface area contributed by atoms with E-state index in [1.807, 2.05) is 26.2 Å². The lowest BCUT2D eigenvalue weighted by Crippen LogP contribution is -2.11. The van der Waals surface area contributed by atoms with E-state index < -0.39 is 0 Å². The summed E-state index contributed by atoms with van der Waals surface area (Å²) in [5.41, 5.74) is 1.18. The minimum Gasteiger partial charge on any atom is -0.454 e. The van der Waals surface area contributed by atoms with Crippen molar-refractivity contribution in [3.8, 4) is 11.5 Å². The number of ether oxygens (including phenoxy) is 2. The number of para-hydroxylation sites is 1. The van der Waals surface area contributed by atoms with Crippen molar-refractivity contribution in [3.63, 3.8) is 0 Å². The number of hydrogen-bond donors (Lipinski definition) is 0. The van der Waals surface area contributed by atoms with E-state index in [0.717, 1.165) is 18.0 Å². The van der Waals surface area contributed by atoms with Crippen LogP contribution in [-0.4, -0.2) is 25.8 Å². The molecule has 0 aliphatic carbocycles. The summed E-state index contributed by atoms with van der Waals surface area (Å²) in [6.45, 7) is 1.23. The number of nitrogens with zero attached hydrogens (tertiary/aromatic N) is 1. The van der Waals surface area contributed by atoms with E-state index in [-0.39, 0.29) is 0 Å². The molecule has 0 radical (unpaired) electrons. The van der Waals surface area contributed by atoms with Crippen LogP contribution in [0.5, 0.6) is 11.5 Å². The third kappa shape index (κ3) is 1.60. The molecule has 0 amide bonds. The van der Waals surface area contributed by atoms with Gasteiger partial charge in [-0.1, -0.05) is 12.1 Å². The van der Waals surface area contributed by atoms with Gasteiger partial charge in [0, 0.05) is 12.1 Å². The predicted molar refractivity (Wildman–Crippen MR) is 50.0 cm³/mol. The summed E-state index contributed by atoms with van der Waals surface area (Å²) >= 11 is 0. The molecule has 0 aromatic heterocycles. The van der Waals surface area contributed by atoms with Gasteiger partial charge in [0.25, 0.3) is 0 Å². The Labute approximate surface area is 77.9 Å². The van der Waals surface area contributed by atoms with Crippen LogP contribution in [0.4, 0.5) is 0 Å². The van der Waals surface area contributed by atoms with Crippen LogP contribution in [-0.2, 0) is 6.54 Å². The molecule has 0 unspecified atom stereocenters. The molecule has 1 aromatic rings. The minimum absolute atomic E-state index is 0.347. The van der Waals surface area contributed by atoms with Crippen molar-refractivity contribution < 1.29 is 9.47 Å². The van der Waals surface area contributed by atoms with Crippen molar-refractivity contribution in [1.82, 2.24) is 4.90 Å². The van der Waals surface area contributed by atoms with Crippen molar-refractivity contribution in [3.05, 3.63) is 23.8 Å². The fourth-order valence-corrected chi connectivity index (χ4v) is 1.46. The van der Waals surface area contributed by atoms with Gasteiger partial charge in [-0.25, -0.2) is 0 Å². The van der Waals surface area contributed by atoms with Gasteiger partial charge in [0.15, 0.2) is 11.5 Å². The highest BCUT2D eigenvalue weighted by atomic mass is 16.7. The second kappa shape index (κ2) is 3.26. The van der Waals surface area contributed by atoms with Gasteiger partial charge in [0.2, 0.25) is 6.79 Å². The van der Waals surface area contributed by atoms with Gasteiger partial charge in [-0.3, -0.25) is 0 Å². The zero-order valence-corrected chi connectivity index (χ0v) is 7.91. The van der Waals surface area contributed by atoms with Gasteiger partial charge < -0.3 is 14.4 Å². The van der Waals surface area contributed by atoms with Crippen molar-refractivity contribution >= 4 is 0 Å². The van der Waals surface area contributed by atoms with Gasteiger partial charge in [0.05, 0.1) is 0 Å². The summed E-state index contributed by atoms with van der Waals surface area (Å²) in [6, 6.07) is 5.99. The number of benzene rings is 1. The van der Waals surface area contributed by atoms with Crippen LogP contribution >= 0.6 is 0 Å². The molecule has 0 saturated heterocycles. The fraction of sp³-hybridized carbons (Fsp3) is 0.400. The molecule has 1 aromatic carbocycles. The maximum Gasteiger partial charge on any atom is 0.231 e. The van der Waals surface area contributed by atoms with Crippen molar-refractivity contribution in [2.45, 2.75) is 6.54 Å². The van der Waals surface area contributed by atoms with E-state index in [4.69, 9.17) is 9.47 Å². The van der Waals surface area contributed by atoms with Gasteiger partial charge in [-0.2, -0.15) is 0 Å². The van der Waals surface area contributed by atoms with Crippen LogP contribution < -0.4 is 9.47 Å². The molecule has 0 atom stereocenters. The zero-order chi connectivity index (χ0) is 9.26. The number of fused-ring (bicyclic) bond motifs is 1. The van der Waals surface area contributed by atoms with E-state index in [0.29, 0.717) is 6.79 Å². The third-order valence-electron chi connectivity index (χ3n) is 1.96. The van der Waals surface area contributed by atoms with Crippen molar-refractivity contribution in [2.24, 2.45) is 0 Å². The molecule has 1 heterocycles. The molecule has 0 saturated carbocycles. The molecule has 2 rings (SSSR count). The quantitative estimate of drug-likeness (QED) is 0.686. The van der Waals surface area contributed by atoms with E-state index in [2.05, 4.69) is 11.0 Å². The maximum atomic E-state index is 5.38. The standard InChI is InChI=1S/C10H13NO2/c1-11(2)6-8-4-3-5-9-10(8)13-7-12-9/h3-5H,6-7H2,1-2H3. The molecule has 0 bridgehead atoms. The summed E-state index contributed by atoms with van der Waals surface area (Å²) < 4.78 is 10.7. The van der Waals surface area contributed by atoms with E-state index in [1.165, 1.54) is 5.56 Å². The highest BCUT2D eigenvalue weighted by Crippen LogP contribution is 2.35. The van der Waals surface area contributed by atoms with Crippen molar-refractivity contribution in [2.75, 3.05) is 20.9 Å². The van der Waals surface area contributed by atoms with Crippen LogP contribution in [0, 0.1) is 0 Å². The minimum atomic E-state index is 0.347. The van der Waals surface area contributed by atoms with E-state index >= 15 is 0 Å². The van der Waals surface area contributed by atoms with Crippen molar-refractivity contribution in [1.29, 1.82) is 0 Å². The average molecular weight is 179 g/mol. The molecule has 0 fully saturated rings.